The number of furan rings is 1. The molecule has 0 radical (unpaired) electrons. The van der Waals surface area contributed by atoms with Crippen LogP contribution >= 0.6 is 0 Å². The second-order valence-electron chi connectivity index (χ2n) is 5.40. The van der Waals surface area contributed by atoms with Crippen molar-refractivity contribution in [1.29, 1.82) is 0 Å². The van der Waals surface area contributed by atoms with Crippen LogP contribution in [0.25, 0.3) is 22.1 Å². The lowest BCUT2D eigenvalue weighted by Gasteiger charge is -2.09. The van der Waals surface area contributed by atoms with E-state index in [4.69, 9.17) is 4.42 Å². The van der Waals surface area contributed by atoms with E-state index in [9.17, 15) is 0 Å². The molecule has 22 heavy (non-hydrogen) atoms. The van der Waals surface area contributed by atoms with Gasteiger partial charge < -0.3 is 4.42 Å². The fourth-order valence-electron chi connectivity index (χ4n) is 2.75. The first-order valence-electron chi connectivity index (χ1n) is 7.35. The van der Waals surface area contributed by atoms with Crippen LogP contribution in [-0.4, -0.2) is 9.97 Å². The van der Waals surface area contributed by atoms with Gasteiger partial charge in [0.05, 0.1) is 0 Å². The van der Waals surface area contributed by atoms with E-state index in [2.05, 4.69) is 46.5 Å². The third-order valence-electron chi connectivity index (χ3n) is 3.92. The zero-order valence-electron chi connectivity index (χ0n) is 12.2. The fraction of sp³-hybridized carbons (Fsp3) is 0.111. The molecule has 2 aromatic heterocycles. The summed E-state index contributed by atoms with van der Waals surface area (Å²) in [6, 6.07) is 18.6. The minimum Gasteiger partial charge on any atom is -0.446 e. The predicted molar refractivity (Wildman–Crippen MR) is 85.8 cm³/mol. The van der Waals surface area contributed by atoms with E-state index in [1.807, 2.05) is 30.3 Å². The molecular weight excluding hydrogens is 274 g/mol. The summed E-state index contributed by atoms with van der Waals surface area (Å²) in [5.74, 6) is 0.845. The molecule has 2 heterocycles. The molecule has 0 saturated heterocycles. The standard InChI is InChI=1S/C18H15N3O/c1-12(13-7-3-2-4-8-13)21-18-17-16(19-11-20-18)14-9-5-6-10-15(14)22-17/h2-12H,1H3,(H,19,20,21)/p+1. The van der Waals surface area contributed by atoms with Crippen LogP contribution in [0.4, 0.5) is 5.82 Å². The first-order chi connectivity index (χ1) is 10.8. The van der Waals surface area contributed by atoms with E-state index in [0.717, 1.165) is 27.9 Å². The maximum Gasteiger partial charge on any atom is 0.272 e. The molecule has 2 aromatic carbocycles. The Morgan fingerprint density at radius 3 is 2.59 bits per heavy atom. The highest BCUT2D eigenvalue weighted by molar-refractivity contribution is 6.04. The quantitative estimate of drug-likeness (QED) is 0.629. The molecule has 0 spiro atoms. The molecule has 0 amide bonds. The maximum absolute atomic E-state index is 5.96. The highest BCUT2D eigenvalue weighted by Gasteiger charge is 2.18. The summed E-state index contributed by atoms with van der Waals surface area (Å²) in [4.78, 5) is 8.79. The van der Waals surface area contributed by atoms with Crippen molar-refractivity contribution in [2.75, 3.05) is 0 Å². The van der Waals surface area contributed by atoms with Gasteiger partial charge in [0.25, 0.3) is 5.82 Å². The first-order valence-corrected chi connectivity index (χ1v) is 7.35. The number of hydrogen-bond acceptors (Lipinski definition) is 3. The largest absolute Gasteiger partial charge is 0.446 e. The molecule has 4 aromatic rings. The van der Waals surface area contributed by atoms with Gasteiger partial charge >= 0.3 is 0 Å². The van der Waals surface area contributed by atoms with Crippen LogP contribution < -0.4 is 5.32 Å². The topological polar surface area (TPSA) is 55.5 Å². The highest BCUT2D eigenvalue weighted by Crippen LogP contribution is 2.28. The number of fused-ring (bicyclic) bond motifs is 3. The zero-order valence-corrected chi connectivity index (χ0v) is 12.2. The Labute approximate surface area is 127 Å². The number of benzene rings is 2. The van der Waals surface area contributed by atoms with Crippen LogP contribution in [-0.2, 0) is 0 Å². The van der Waals surface area contributed by atoms with E-state index >= 15 is 0 Å². The number of para-hydroxylation sites is 1. The van der Waals surface area contributed by atoms with Gasteiger partial charge in [0.1, 0.15) is 23.5 Å². The van der Waals surface area contributed by atoms with Crippen molar-refractivity contribution in [3.05, 3.63) is 66.5 Å². The van der Waals surface area contributed by atoms with Gasteiger partial charge in [-0.2, -0.15) is 4.98 Å². The molecule has 4 nitrogen and oxygen atoms in total. The third kappa shape index (κ3) is 2.14. The smallest absolute Gasteiger partial charge is 0.272 e. The van der Waals surface area contributed by atoms with Crippen LogP contribution in [0.2, 0.25) is 0 Å². The Kier molecular flexibility index (Phi) is 3.09. The molecule has 0 bridgehead atoms. The van der Waals surface area contributed by atoms with Crippen LogP contribution in [0, 0.1) is 0 Å². The SMILES string of the molecule is CC([NH2+]c1ncnc2c1oc1ccccc12)c1ccccc1. The van der Waals surface area contributed by atoms with Crippen molar-refractivity contribution in [3.63, 3.8) is 0 Å². The summed E-state index contributed by atoms with van der Waals surface area (Å²) in [6.07, 6.45) is 1.60. The Hall–Kier alpha value is -2.72. The third-order valence-corrected chi connectivity index (χ3v) is 3.92. The monoisotopic (exact) mass is 290 g/mol. The Bertz CT molecular complexity index is 931. The van der Waals surface area contributed by atoms with Gasteiger partial charge in [-0.1, -0.05) is 42.5 Å². The van der Waals surface area contributed by atoms with Gasteiger partial charge in [-0.15, -0.1) is 0 Å². The summed E-state index contributed by atoms with van der Waals surface area (Å²) < 4.78 is 5.96. The molecule has 1 unspecified atom stereocenters. The van der Waals surface area contributed by atoms with E-state index in [0.29, 0.717) is 0 Å². The summed E-state index contributed by atoms with van der Waals surface area (Å²) in [7, 11) is 0. The lowest BCUT2D eigenvalue weighted by atomic mass is 10.1. The van der Waals surface area contributed by atoms with E-state index in [-0.39, 0.29) is 6.04 Å². The number of aromatic nitrogens is 2. The molecule has 1 atom stereocenters. The molecule has 0 fully saturated rings. The summed E-state index contributed by atoms with van der Waals surface area (Å²) in [5.41, 5.74) is 3.73. The van der Waals surface area contributed by atoms with Crippen molar-refractivity contribution in [3.8, 4) is 0 Å². The second-order valence-corrected chi connectivity index (χ2v) is 5.40. The second kappa shape index (κ2) is 5.24. The molecule has 4 heteroatoms. The van der Waals surface area contributed by atoms with Crippen LogP contribution in [0.1, 0.15) is 18.5 Å². The molecule has 0 aliphatic carbocycles. The van der Waals surface area contributed by atoms with E-state index in [1.165, 1.54) is 5.56 Å². The van der Waals surface area contributed by atoms with Gasteiger partial charge in [0.15, 0.2) is 0 Å². The van der Waals surface area contributed by atoms with Gasteiger partial charge in [0.2, 0.25) is 5.58 Å². The predicted octanol–water partition coefficient (Wildman–Crippen LogP) is 3.33. The van der Waals surface area contributed by atoms with Crippen molar-refractivity contribution < 1.29 is 9.73 Å². The summed E-state index contributed by atoms with van der Waals surface area (Å²) in [6.45, 7) is 2.16. The zero-order chi connectivity index (χ0) is 14.9. The van der Waals surface area contributed by atoms with Crippen molar-refractivity contribution in [2.24, 2.45) is 0 Å². The summed E-state index contributed by atoms with van der Waals surface area (Å²) in [5, 5.41) is 3.16. The average Bonchev–Trinajstić information content (AvgIpc) is 2.95. The van der Waals surface area contributed by atoms with Gasteiger partial charge in [-0.25, -0.2) is 4.98 Å². The van der Waals surface area contributed by atoms with Gasteiger partial charge in [0, 0.05) is 10.9 Å². The van der Waals surface area contributed by atoms with Crippen LogP contribution in [0.3, 0.4) is 0 Å². The Balaban J connectivity index is 1.79. The van der Waals surface area contributed by atoms with E-state index < -0.39 is 0 Å². The normalized spacial score (nSPS) is 12.8. The van der Waals surface area contributed by atoms with Crippen LogP contribution in [0.5, 0.6) is 0 Å². The number of nitrogens with two attached hydrogens (primary N) is 1. The van der Waals surface area contributed by atoms with E-state index in [1.54, 1.807) is 6.33 Å². The summed E-state index contributed by atoms with van der Waals surface area (Å²) >= 11 is 0. The first kappa shape index (κ1) is 13.0. The van der Waals surface area contributed by atoms with Crippen molar-refractivity contribution in [1.82, 2.24) is 9.97 Å². The van der Waals surface area contributed by atoms with Gasteiger partial charge in [-0.05, 0) is 19.1 Å². The molecule has 0 saturated carbocycles. The molecule has 108 valence electrons. The number of quaternary nitrogens is 1. The van der Waals surface area contributed by atoms with Crippen LogP contribution in [0.15, 0.2) is 65.3 Å². The minimum atomic E-state index is 0.257. The minimum absolute atomic E-state index is 0.257. The maximum atomic E-state index is 5.96. The number of rotatable bonds is 3. The molecule has 2 N–H and O–H groups in total. The fourth-order valence-corrected chi connectivity index (χ4v) is 2.75. The molecular formula is C18H16N3O+. The number of hydrogen-bond donors (Lipinski definition) is 1. The average molecular weight is 290 g/mol. The highest BCUT2D eigenvalue weighted by atomic mass is 16.3. The Morgan fingerprint density at radius 1 is 0.955 bits per heavy atom. The lowest BCUT2D eigenvalue weighted by Crippen LogP contribution is -2.79. The molecule has 0 aliphatic rings. The number of nitrogens with zero attached hydrogens (tertiary/aromatic N) is 2. The van der Waals surface area contributed by atoms with Crippen molar-refractivity contribution >= 4 is 27.9 Å². The molecule has 0 aliphatic heterocycles. The lowest BCUT2D eigenvalue weighted by molar-refractivity contribution is -0.616. The Morgan fingerprint density at radius 2 is 1.73 bits per heavy atom. The molecule has 4 rings (SSSR count). The van der Waals surface area contributed by atoms with Gasteiger partial charge in [-0.3, -0.25) is 5.32 Å². The van der Waals surface area contributed by atoms with Crippen molar-refractivity contribution in [2.45, 2.75) is 13.0 Å².